The van der Waals surface area contributed by atoms with Gasteiger partial charge in [-0.2, -0.15) is 0 Å². The lowest BCUT2D eigenvalue weighted by atomic mass is 10.2. The van der Waals surface area contributed by atoms with E-state index in [0.717, 1.165) is 5.56 Å². The molecule has 0 radical (unpaired) electrons. The van der Waals surface area contributed by atoms with E-state index >= 15 is 0 Å². The number of ether oxygens (including phenoxy) is 1. The van der Waals surface area contributed by atoms with Gasteiger partial charge in [0.25, 0.3) is 0 Å². The molecule has 0 unspecified atom stereocenters. The molecule has 0 aliphatic rings. The molecule has 6 heteroatoms. The predicted octanol–water partition coefficient (Wildman–Crippen LogP) is 0.860. The topological polar surface area (TPSA) is 73.8 Å². The summed E-state index contributed by atoms with van der Waals surface area (Å²) in [5.74, 6) is 0. The summed E-state index contributed by atoms with van der Waals surface area (Å²) < 4.78 is 5.07. The summed E-state index contributed by atoms with van der Waals surface area (Å²) in [7, 11) is 0. The second-order valence-electron chi connectivity index (χ2n) is 4.20. The van der Waals surface area contributed by atoms with Crippen molar-refractivity contribution in [2.75, 3.05) is 26.4 Å². The van der Waals surface area contributed by atoms with Crippen molar-refractivity contribution in [3.05, 3.63) is 47.1 Å². The minimum atomic E-state index is -0.847. The molecule has 5 nitrogen and oxygen atoms in total. The van der Waals surface area contributed by atoms with E-state index in [4.69, 9.17) is 21.4 Å². The first-order valence-corrected chi connectivity index (χ1v) is 6.78. The minimum Gasteiger partial charge on any atom is -0.394 e. The molecule has 0 aromatic heterocycles. The van der Waals surface area contributed by atoms with Crippen molar-refractivity contribution in [3.63, 3.8) is 0 Å². The average Bonchev–Trinajstić information content (AvgIpc) is 2.46. The predicted molar refractivity (Wildman–Crippen MR) is 79.3 cm³/mol. The molecule has 1 aromatic carbocycles. The highest BCUT2D eigenvalue weighted by Crippen LogP contribution is 2.09. The molecule has 0 amide bonds. The monoisotopic (exact) mass is 300 g/mol. The molecule has 4 N–H and O–H groups in total. The highest BCUT2D eigenvalue weighted by atomic mass is 35.5. The van der Waals surface area contributed by atoms with Crippen LogP contribution in [0.2, 0.25) is 5.02 Å². The van der Waals surface area contributed by atoms with Crippen molar-refractivity contribution in [2.24, 2.45) is 0 Å². The Bertz CT molecular complexity index is 398. The van der Waals surface area contributed by atoms with Crippen LogP contribution in [-0.4, -0.2) is 42.8 Å². The van der Waals surface area contributed by atoms with Crippen molar-refractivity contribution < 1.29 is 14.9 Å². The molecule has 0 saturated heterocycles. The first kappa shape index (κ1) is 16.9. The molecule has 1 aromatic rings. The number of hydrogen-bond donors (Lipinski definition) is 4. The average molecular weight is 301 g/mol. The quantitative estimate of drug-likeness (QED) is 0.381. The Hall–Kier alpha value is -1.11. The van der Waals surface area contributed by atoms with E-state index in [1.807, 2.05) is 24.3 Å². The van der Waals surface area contributed by atoms with Gasteiger partial charge >= 0.3 is 0 Å². The Balaban J connectivity index is 2.19. The molecule has 1 rings (SSSR count). The fourth-order valence-corrected chi connectivity index (χ4v) is 1.60. The highest BCUT2D eigenvalue weighted by Gasteiger charge is 2.07. The van der Waals surface area contributed by atoms with Gasteiger partial charge in [-0.1, -0.05) is 30.3 Å². The Morgan fingerprint density at radius 3 is 2.65 bits per heavy atom. The summed E-state index contributed by atoms with van der Waals surface area (Å²) in [4.78, 5) is 0. The van der Waals surface area contributed by atoms with Crippen molar-refractivity contribution in [2.45, 2.75) is 12.8 Å². The van der Waals surface area contributed by atoms with Gasteiger partial charge in [-0.15, -0.1) is 0 Å². The first-order valence-electron chi connectivity index (χ1n) is 6.40. The lowest BCUT2D eigenvalue weighted by Crippen LogP contribution is -2.37. The molecular weight excluding hydrogens is 280 g/mol. The van der Waals surface area contributed by atoms with E-state index in [-0.39, 0.29) is 6.61 Å². The van der Waals surface area contributed by atoms with Crippen LogP contribution in [-0.2, 0) is 11.3 Å². The number of hydrogen-bond acceptors (Lipinski definition) is 5. The van der Waals surface area contributed by atoms with Gasteiger partial charge in [0.15, 0.2) is 0 Å². The van der Waals surface area contributed by atoms with Crippen LogP contribution >= 0.6 is 11.6 Å². The van der Waals surface area contributed by atoms with Crippen LogP contribution in [0, 0.1) is 0 Å². The Labute approximate surface area is 124 Å². The molecule has 0 fully saturated rings. The van der Waals surface area contributed by atoms with Crippen LogP contribution in [0.3, 0.4) is 0 Å². The standard InChI is InChI=1S/C14H21ClN2O3/c1-11(14(19)16-6-8-20-9-7-18)17-10-12-2-4-13(15)5-3-12/h2-5,14,16-19H,1,6-10H2/t14-/m0/s1. The highest BCUT2D eigenvalue weighted by molar-refractivity contribution is 6.30. The minimum absolute atomic E-state index is 0.00207. The summed E-state index contributed by atoms with van der Waals surface area (Å²) >= 11 is 5.80. The molecule has 20 heavy (non-hydrogen) atoms. The van der Waals surface area contributed by atoms with Crippen molar-refractivity contribution >= 4 is 11.6 Å². The van der Waals surface area contributed by atoms with Gasteiger partial charge in [0, 0.05) is 23.8 Å². The lowest BCUT2D eigenvalue weighted by molar-refractivity contribution is 0.0823. The molecule has 0 bridgehead atoms. The van der Waals surface area contributed by atoms with E-state index in [9.17, 15) is 5.11 Å². The SMILES string of the molecule is C=C(NCc1ccc(Cl)cc1)[C@H](O)NCCOCCO. The van der Waals surface area contributed by atoms with Gasteiger partial charge in [0.1, 0.15) is 6.23 Å². The lowest BCUT2D eigenvalue weighted by Gasteiger charge is -2.17. The molecule has 0 aliphatic heterocycles. The van der Waals surface area contributed by atoms with E-state index in [1.165, 1.54) is 0 Å². The van der Waals surface area contributed by atoms with Gasteiger partial charge in [0.2, 0.25) is 0 Å². The molecule has 0 aliphatic carbocycles. The fraction of sp³-hybridized carbons (Fsp3) is 0.429. The third-order valence-corrected chi connectivity index (χ3v) is 2.83. The Morgan fingerprint density at radius 2 is 2.00 bits per heavy atom. The van der Waals surface area contributed by atoms with Crippen LogP contribution in [0.1, 0.15) is 5.56 Å². The smallest absolute Gasteiger partial charge is 0.145 e. The normalized spacial score (nSPS) is 12.2. The maximum Gasteiger partial charge on any atom is 0.145 e. The zero-order valence-corrected chi connectivity index (χ0v) is 12.1. The van der Waals surface area contributed by atoms with Crippen LogP contribution in [0.4, 0.5) is 0 Å². The molecule has 1 atom stereocenters. The fourth-order valence-electron chi connectivity index (χ4n) is 1.47. The van der Waals surface area contributed by atoms with E-state index in [0.29, 0.717) is 37.0 Å². The summed E-state index contributed by atoms with van der Waals surface area (Å²) in [6.07, 6.45) is -0.847. The third kappa shape index (κ3) is 6.88. The van der Waals surface area contributed by atoms with Gasteiger partial charge in [-0.25, -0.2) is 0 Å². The van der Waals surface area contributed by atoms with Crippen molar-refractivity contribution in [3.8, 4) is 0 Å². The molecular formula is C14H21ClN2O3. The molecule has 0 spiro atoms. The van der Waals surface area contributed by atoms with Gasteiger partial charge < -0.3 is 20.3 Å². The summed E-state index contributed by atoms with van der Waals surface area (Å²) in [5.41, 5.74) is 1.54. The van der Waals surface area contributed by atoms with Gasteiger partial charge in [0.05, 0.1) is 19.8 Å². The maximum atomic E-state index is 9.80. The van der Waals surface area contributed by atoms with E-state index in [1.54, 1.807) is 0 Å². The maximum absolute atomic E-state index is 9.80. The first-order chi connectivity index (χ1) is 9.63. The van der Waals surface area contributed by atoms with E-state index in [2.05, 4.69) is 17.2 Å². The zero-order chi connectivity index (χ0) is 14.8. The Morgan fingerprint density at radius 1 is 1.30 bits per heavy atom. The molecule has 0 heterocycles. The van der Waals surface area contributed by atoms with Gasteiger partial charge in [-0.05, 0) is 17.7 Å². The Kier molecular flexibility index (Phi) is 8.25. The zero-order valence-electron chi connectivity index (χ0n) is 11.3. The van der Waals surface area contributed by atoms with Crippen LogP contribution < -0.4 is 10.6 Å². The van der Waals surface area contributed by atoms with E-state index < -0.39 is 6.23 Å². The van der Waals surface area contributed by atoms with Crippen LogP contribution in [0.5, 0.6) is 0 Å². The van der Waals surface area contributed by atoms with Crippen LogP contribution in [0.15, 0.2) is 36.5 Å². The number of nitrogens with one attached hydrogen (secondary N) is 2. The van der Waals surface area contributed by atoms with Crippen molar-refractivity contribution in [1.29, 1.82) is 0 Å². The number of halogens is 1. The second-order valence-corrected chi connectivity index (χ2v) is 4.63. The summed E-state index contributed by atoms with van der Waals surface area (Å²) in [5, 5.41) is 24.9. The summed E-state index contributed by atoms with van der Waals surface area (Å²) in [6, 6.07) is 7.44. The molecule has 112 valence electrons. The number of aliphatic hydroxyl groups excluding tert-OH is 2. The van der Waals surface area contributed by atoms with Crippen molar-refractivity contribution in [1.82, 2.24) is 10.6 Å². The van der Waals surface area contributed by atoms with Gasteiger partial charge in [-0.3, -0.25) is 5.32 Å². The number of aliphatic hydroxyl groups is 2. The number of benzene rings is 1. The molecule has 0 saturated carbocycles. The number of rotatable bonds is 10. The largest absolute Gasteiger partial charge is 0.394 e. The van der Waals surface area contributed by atoms with Crippen LogP contribution in [0.25, 0.3) is 0 Å². The summed E-state index contributed by atoms with van der Waals surface area (Å²) in [6.45, 7) is 5.53. The second kappa shape index (κ2) is 9.74. The third-order valence-electron chi connectivity index (χ3n) is 2.58.